The summed E-state index contributed by atoms with van der Waals surface area (Å²) < 4.78 is 0. The average molecular weight is 256 g/mol. The van der Waals surface area contributed by atoms with Gasteiger partial charge in [0, 0.05) is 0 Å². The summed E-state index contributed by atoms with van der Waals surface area (Å²) in [5.74, 6) is 0. The molecule has 0 radical (unpaired) electrons. The van der Waals surface area contributed by atoms with Crippen molar-refractivity contribution in [1.29, 1.82) is 0 Å². The Morgan fingerprint density at radius 3 is 2.37 bits per heavy atom. The van der Waals surface area contributed by atoms with Gasteiger partial charge in [-0.3, -0.25) is 0 Å². The highest BCUT2D eigenvalue weighted by Crippen LogP contribution is 2.28. The third-order valence-corrected chi connectivity index (χ3v) is 4.28. The summed E-state index contributed by atoms with van der Waals surface area (Å²) in [7, 11) is 0. The lowest BCUT2D eigenvalue weighted by molar-refractivity contribution is 0.667. The smallest absolute Gasteiger partial charge is 0.0274 e. The van der Waals surface area contributed by atoms with E-state index in [0.29, 0.717) is 0 Å². The van der Waals surface area contributed by atoms with Gasteiger partial charge in [-0.15, -0.1) is 0 Å². The van der Waals surface area contributed by atoms with Crippen LogP contribution in [0.1, 0.15) is 71.1 Å². The Morgan fingerprint density at radius 2 is 1.53 bits per heavy atom. The summed E-state index contributed by atoms with van der Waals surface area (Å²) >= 11 is 0. The summed E-state index contributed by atoms with van der Waals surface area (Å²) in [6.45, 7) is 2.30. The molecule has 0 unspecified atom stereocenters. The van der Waals surface area contributed by atoms with Gasteiger partial charge in [0.1, 0.15) is 0 Å². The van der Waals surface area contributed by atoms with Gasteiger partial charge in [-0.2, -0.15) is 0 Å². The maximum Gasteiger partial charge on any atom is -0.0274 e. The molecule has 0 spiro atoms. The first kappa shape index (κ1) is 14.4. The lowest BCUT2D eigenvalue weighted by Gasteiger charge is -2.14. The number of hydrogen-bond donors (Lipinski definition) is 0. The minimum Gasteiger partial charge on any atom is -0.0845 e. The van der Waals surface area contributed by atoms with Crippen molar-refractivity contribution in [3.05, 3.63) is 47.1 Å². The molecule has 0 saturated heterocycles. The van der Waals surface area contributed by atoms with E-state index in [1.807, 2.05) is 0 Å². The van der Waals surface area contributed by atoms with E-state index < -0.39 is 0 Å². The quantitative estimate of drug-likeness (QED) is 0.518. The second-order valence-electron chi connectivity index (χ2n) is 5.88. The maximum atomic E-state index is 2.38. The van der Waals surface area contributed by atoms with Crippen molar-refractivity contribution in [2.24, 2.45) is 0 Å². The largest absolute Gasteiger partial charge is 0.0845 e. The first-order valence-electron chi connectivity index (χ1n) is 8.10. The third-order valence-electron chi connectivity index (χ3n) is 4.28. The molecule has 0 amide bonds. The lowest BCUT2D eigenvalue weighted by atomic mass is 9.91. The molecule has 0 aromatic rings. The van der Waals surface area contributed by atoms with Crippen LogP contribution in [0.15, 0.2) is 47.1 Å². The monoisotopic (exact) mass is 256 g/mol. The normalized spacial score (nSPS) is 24.4. The zero-order valence-electron chi connectivity index (χ0n) is 12.5. The molecule has 0 nitrogen and oxygen atoms in total. The van der Waals surface area contributed by atoms with E-state index in [0.717, 1.165) is 0 Å². The van der Waals surface area contributed by atoms with Crippen LogP contribution >= 0.6 is 0 Å². The summed E-state index contributed by atoms with van der Waals surface area (Å²) in [4.78, 5) is 0. The molecule has 2 aliphatic rings. The van der Waals surface area contributed by atoms with Crippen molar-refractivity contribution in [2.75, 3.05) is 0 Å². The van der Waals surface area contributed by atoms with Crippen LogP contribution in [0, 0.1) is 0 Å². The minimum absolute atomic E-state index is 1.25. The fourth-order valence-corrected chi connectivity index (χ4v) is 3.08. The Kier molecular flexibility index (Phi) is 6.20. The predicted molar refractivity (Wildman–Crippen MR) is 85.2 cm³/mol. The Balaban J connectivity index is 2.20. The van der Waals surface area contributed by atoms with E-state index in [1.54, 1.807) is 11.1 Å². The SMILES string of the molecule is CC1=C(C2=C/C=C/CCCCC2)CCCCCC=C1. The molecule has 0 aliphatic heterocycles. The van der Waals surface area contributed by atoms with Crippen LogP contribution < -0.4 is 0 Å². The van der Waals surface area contributed by atoms with Crippen LogP contribution in [-0.4, -0.2) is 0 Å². The van der Waals surface area contributed by atoms with Gasteiger partial charge in [0.15, 0.2) is 0 Å². The van der Waals surface area contributed by atoms with E-state index in [2.05, 4.69) is 37.3 Å². The van der Waals surface area contributed by atoms with Crippen LogP contribution in [0.25, 0.3) is 0 Å². The summed E-state index contributed by atoms with van der Waals surface area (Å²) in [6, 6.07) is 0. The van der Waals surface area contributed by atoms with Crippen molar-refractivity contribution >= 4 is 0 Å². The zero-order valence-corrected chi connectivity index (χ0v) is 12.5. The summed E-state index contributed by atoms with van der Waals surface area (Å²) in [6.07, 6.45) is 25.0. The van der Waals surface area contributed by atoms with E-state index in [4.69, 9.17) is 0 Å². The van der Waals surface area contributed by atoms with Crippen LogP contribution in [0.3, 0.4) is 0 Å². The number of rotatable bonds is 1. The highest BCUT2D eigenvalue weighted by atomic mass is 14.1. The van der Waals surface area contributed by atoms with E-state index in [1.165, 1.54) is 69.8 Å². The first-order chi connectivity index (χ1) is 9.38. The predicted octanol–water partition coefficient (Wildman–Crippen LogP) is 6.27. The molecule has 0 atom stereocenters. The molecular weight excluding hydrogens is 228 g/mol. The van der Waals surface area contributed by atoms with Gasteiger partial charge in [0.05, 0.1) is 0 Å². The van der Waals surface area contributed by atoms with E-state index in [9.17, 15) is 0 Å². The third kappa shape index (κ3) is 4.86. The topological polar surface area (TPSA) is 0 Å². The molecule has 0 N–H and O–H groups in total. The number of hydrogen-bond acceptors (Lipinski definition) is 0. The molecule has 0 heterocycles. The fraction of sp³-hybridized carbons (Fsp3) is 0.579. The van der Waals surface area contributed by atoms with E-state index in [-0.39, 0.29) is 0 Å². The maximum absolute atomic E-state index is 2.38. The highest BCUT2D eigenvalue weighted by molar-refractivity contribution is 5.41. The molecule has 0 aromatic heterocycles. The molecule has 0 bridgehead atoms. The fourth-order valence-electron chi connectivity index (χ4n) is 3.08. The molecule has 104 valence electrons. The van der Waals surface area contributed by atoms with Gasteiger partial charge in [-0.05, 0) is 75.0 Å². The van der Waals surface area contributed by atoms with Gasteiger partial charge in [-0.1, -0.05) is 43.2 Å². The van der Waals surface area contributed by atoms with Crippen molar-refractivity contribution in [2.45, 2.75) is 71.1 Å². The molecule has 0 aromatic carbocycles. The van der Waals surface area contributed by atoms with Gasteiger partial charge in [0.25, 0.3) is 0 Å². The summed E-state index contributed by atoms with van der Waals surface area (Å²) in [5.41, 5.74) is 4.73. The lowest BCUT2D eigenvalue weighted by Crippen LogP contribution is -1.95. The van der Waals surface area contributed by atoms with Gasteiger partial charge < -0.3 is 0 Å². The van der Waals surface area contributed by atoms with Crippen molar-refractivity contribution in [3.8, 4) is 0 Å². The standard InChI is InChI=1S/C19H28/c1-17-13-9-5-4-8-12-16-19(17)18-14-10-6-2-3-7-11-15-18/h6,9-10,13-14H,2-5,7-8,11-12,15-16H2,1H3/b10-6+,13-9?,18-14?,19-17?. The minimum atomic E-state index is 1.25. The molecule has 0 saturated carbocycles. The van der Waals surface area contributed by atoms with Gasteiger partial charge in [-0.25, -0.2) is 0 Å². The molecule has 2 rings (SSSR count). The molecule has 2 aliphatic carbocycles. The number of allylic oxidation sites excluding steroid dienone is 8. The molecule has 19 heavy (non-hydrogen) atoms. The molecule has 0 heteroatoms. The van der Waals surface area contributed by atoms with Gasteiger partial charge in [0.2, 0.25) is 0 Å². The van der Waals surface area contributed by atoms with Crippen LogP contribution in [0.5, 0.6) is 0 Å². The Labute approximate surface area is 119 Å². The van der Waals surface area contributed by atoms with Gasteiger partial charge >= 0.3 is 0 Å². The zero-order chi connectivity index (χ0) is 13.3. The van der Waals surface area contributed by atoms with Crippen LogP contribution in [0.4, 0.5) is 0 Å². The highest BCUT2D eigenvalue weighted by Gasteiger charge is 2.09. The Bertz CT molecular complexity index is 390. The van der Waals surface area contributed by atoms with Crippen LogP contribution in [0.2, 0.25) is 0 Å². The molecular formula is C19H28. The van der Waals surface area contributed by atoms with Crippen LogP contribution in [-0.2, 0) is 0 Å². The summed E-state index contributed by atoms with van der Waals surface area (Å²) in [5, 5.41) is 0. The van der Waals surface area contributed by atoms with Crippen molar-refractivity contribution in [3.63, 3.8) is 0 Å². The second-order valence-corrected chi connectivity index (χ2v) is 5.88. The van der Waals surface area contributed by atoms with Crippen molar-refractivity contribution in [1.82, 2.24) is 0 Å². The average Bonchev–Trinajstić information content (AvgIpc) is 2.60. The second kappa shape index (κ2) is 8.19. The van der Waals surface area contributed by atoms with E-state index >= 15 is 0 Å². The Hall–Kier alpha value is -1.04. The Morgan fingerprint density at radius 1 is 0.789 bits per heavy atom. The first-order valence-corrected chi connectivity index (χ1v) is 8.10. The van der Waals surface area contributed by atoms with Crippen molar-refractivity contribution < 1.29 is 0 Å². The molecule has 0 fully saturated rings.